The van der Waals surface area contributed by atoms with Crippen LogP contribution in [-0.4, -0.2) is 15.3 Å². The SMILES string of the molecule is Cc1ccc2c(c1)Cc1cc(C(=O)Cn3ccnc3)ccc1-2.Cl. The molecule has 23 heavy (non-hydrogen) atoms. The van der Waals surface area contributed by atoms with Crippen LogP contribution in [0.5, 0.6) is 0 Å². The molecule has 0 amide bonds. The Labute approximate surface area is 141 Å². The molecule has 0 bridgehead atoms. The monoisotopic (exact) mass is 324 g/mol. The molecule has 0 unspecified atom stereocenters. The van der Waals surface area contributed by atoms with Crippen molar-refractivity contribution in [1.82, 2.24) is 9.55 Å². The Kier molecular flexibility index (Phi) is 4.05. The summed E-state index contributed by atoms with van der Waals surface area (Å²) >= 11 is 0. The third kappa shape index (κ3) is 2.80. The summed E-state index contributed by atoms with van der Waals surface area (Å²) in [6.45, 7) is 2.45. The lowest BCUT2D eigenvalue weighted by Crippen LogP contribution is -2.09. The van der Waals surface area contributed by atoms with Crippen LogP contribution in [0.1, 0.15) is 27.0 Å². The summed E-state index contributed by atoms with van der Waals surface area (Å²) in [6, 6.07) is 12.6. The van der Waals surface area contributed by atoms with Gasteiger partial charge in [-0.05, 0) is 41.7 Å². The average molecular weight is 325 g/mol. The second-order valence-electron chi connectivity index (χ2n) is 5.87. The molecule has 4 rings (SSSR count). The average Bonchev–Trinajstić information content (AvgIpc) is 3.12. The molecule has 0 saturated carbocycles. The van der Waals surface area contributed by atoms with E-state index in [9.17, 15) is 4.79 Å². The quantitative estimate of drug-likeness (QED) is 0.532. The number of carbonyl (C=O) groups is 1. The normalized spacial score (nSPS) is 11.5. The number of hydrogen-bond acceptors (Lipinski definition) is 2. The van der Waals surface area contributed by atoms with Crippen molar-refractivity contribution in [2.24, 2.45) is 0 Å². The number of rotatable bonds is 3. The van der Waals surface area contributed by atoms with Gasteiger partial charge in [0.25, 0.3) is 0 Å². The Morgan fingerprint density at radius 2 is 1.87 bits per heavy atom. The smallest absolute Gasteiger partial charge is 0.182 e. The molecule has 0 radical (unpaired) electrons. The van der Waals surface area contributed by atoms with Crippen molar-refractivity contribution in [2.75, 3.05) is 0 Å². The lowest BCUT2D eigenvalue weighted by atomic mass is 10.0. The van der Waals surface area contributed by atoms with Gasteiger partial charge in [0, 0.05) is 18.0 Å². The van der Waals surface area contributed by atoms with Crippen LogP contribution >= 0.6 is 12.4 Å². The van der Waals surface area contributed by atoms with E-state index in [0.717, 1.165) is 12.0 Å². The van der Waals surface area contributed by atoms with Crippen LogP contribution in [0.3, 0.4) is 0 Å². The van der Waals surface area contributed by atoms with Crippen LogP contribution in [0.25, 0.3) is 11.1 Å². The minimum Gasteiger partial charge on any atom is -0.330 e. The third-order valence-electron chi connectivity index (χ3n) is 4.24. The highest BCUT2D eigenvalue weighted by Crippen LogP contribution is 2.37. The van der Waals surface area contributed by atoms with Crippen LogP contribution in [0.2, 0.25) is 0 Å². The topological polar surface area (TPSA) is 34.9 Å². The molecule has 0 N–H and O–H groups in total. The lowest BCUT2D eigenvalue weighted by molar-refractivity contribution is 0.0972. The number of nitrogens with zero attached hydrogens (tertiary/aromatic N) is 2. The predicted octanol–water partition coefficient (Wildman–Crippen LogP) is 4.07. The number of hydrogen-bond donors (Lipinski definition) is 0. The molecule has 1 aliphatic rings. The number of benzene rings is 2. The van der Waals surface area contributed by atoms with Gasteiger partial charge in [0.05, 0.1) is 12.9 Å². The zero-order valence-corrected chi connectivity index (χ0v) is 13.6. The molecule has 3 aromatic rings. The Bertz CT molecular complexity index is 869. The van der Waals surface area contributed by atoms with Crippen LogP contribution in [0, 0.1) is 6.92 Å². The minimum atomic E-state index is 0. The summed E-state index contributed by atoms with van der Waals surface area (Å²) in [5, 5.41) is 0. The molecule has 1 aromatic heterocycles. The van der Waals surface area contributed by atoms with Crippen molar-refractivity contribution in [2.45, 2.75) is 19.9 Å². The first-order valence-corrected chi connectivity index (χ1v) is 7.42. The molecule has 0 spiro atoms. The minimum absolute atomic E-state index is 0. The van der Waals surface area contributed by atoms with Gasteiger partial charge in [-0.1, -0.05) is 35.9 Å². The molecule has 2 aromatic carbocycles. The number of halogens is 1. The maximum Gasteiger partial charge on any atom is 0.182 e. The van der Waals surface area contributed by atoms with Gasteiger partial charge in [0.1, 0.15) is 0 Å². The fourth-order valence-electron chi connectivity index (χ4n) is 3.15. The van der Waals surface area contributed by atoms with E-state index in [4.69, 9.17) is 0 Å². The van der Waals surface area contributed by atoms with Crippen LogP contribution in [0.4, 0.5) is 0 Å². The van der Waals surface area contributed by atoms with Crippen molar-refractivity contribution in [3.63, 3.8) is 0 Å². The van der Waals surface area contributed by atoms with E-state index in [1.165, 1.54) is 27.8 Å². The van der Waals surface area contributed by atoms with Gasteiger partial charge in [0.2, 0.25) is 0 Å². The predicted molar refractivity (Wildman–Crippen MR) is 93.2 cm³/mol. The number of imidazole rings is 1. The van der Waals surface area contributed by atoms with Crippen molar-refractivity contribution < 1.29 is 4.79 Å². The summed E-state index contributed by atoms with van der Waals surface area (Å²) < 4.78 is 1.80. The van der Waals surface area contributed by atoms with E-state index in [1.54, 1.807) is 17.1 Å². The lowest BCUT2D eigenvalue weighted by Gasteiger charge is -2.05. The molecule has 3 nitrogen and oxygen atoms in total. The fourth-order valence-corrected chi connectivity index (χ4v) is 3.15. The maximum absolute atomic E-state index is 12.4. The summed E-state index contributed by atoms with van der Waals surface area (Å²) in [5.74, 6) is 0.118. The van der Waals surface area contributed by atoms with Gasteiger partial charge in [-0.2, -0.15) is 0 Å². The van der Waals surface area contributed by atoms with E-state index in [-0.39, 0.29) is 18.2 Å². The van der Waals surface area contributed by atoms with Crippen LogP contribution in [0.15, 0.2) is 55.1 Å². The molecule has 0 saturated heterocycles. The molecule has 116 valence electrons. The number of fused-ring (bicyclic) bond motifs is 3. The highest BCUT2D eigenvalue weighted by molar-refractivity contribution is 5.97. The molecule has 0 fully saturated rings. The van der Waals surface area contributed by atoms with E-state index in [2.05, 4.69) is 36.2 Å². The van der Waals surface area contributed by atoms with Gasteiger partial charge >= 0.3 is 0 Å². The Morgan fingerprint density at radius 3 is 2.61 bits per heavy atom. The highest BCUT2D eigenvalue weighted by atomic mass is 35.5. The number of aromatic nitrogens is 2. The van der Waals surface area contributed by atoms with Gasteiger partial charge in [-0.3, -0.25) is 4.79 Å². The van der Waals surface area contributed by atoms with Crippen molar-refractivity contribution >= 4 is 18.2 Å². The molecule has 0 aliphatic heterocycles. The van der Waals surface area contributed by atoms with E-state index in [1.807, 2.05) is 18.3 Å². The van der Waals surface area contributed by atoms with Gasteiger partial charge in [0.15, 0.2) is 5.78 Å². The summed E-state index contributed by atoms with van der Waals surface area (Å²) in [7, 11) is 0. The first-order chi connectivity index (χ1) is 10.7. The summed E-state index contributed by atoms with van der Waals surface area (Å²) in [4.78, 5) is 16.4. The first-order valence-electron chi connectivity index (χ1n) is 7.42. The van der Waals surface area contributed by atoms with Gasteiger partial charge in [-0.15, -0.1) is 12.4 Å². The first kappa shape index (κ1) is 15.5. The highest BCUT2D eigenvalue weighted by Gasteiger charge is 2.19. The van der Waals surface area contributed by atoms with E-state index < -0.39 is 0 Å². The Balaban J connectivity index is 0.00000156. The van der Waals surface area contributed by atoms with Gasteiger partial charge in [-0.25, -0.2) is 4.98 Å². The van der Waals surface area contributed by atoms with Crippen molar-refractivity contribution in [1.29, 1.82) is 0 Å². The number of carbonyl (C=O) groups excluding carboxylic acids is 1. The number of aryl methyl sites for hydroxylation is 1. The second kappa shape index (κ2) is 6.01. The Hall–Kier alpha value is -2.39. The zero-order valence-electron chi connectivity index (χ0n) is 12.8. The second-order valence-corrected chi connectivity index (χ2v) is 5.87. The molecule has 0 atom stereocenters. The zero-order chi connectivity index (χ0) is 15.1. The van der Waals surface area contributed by atoms with Gasteiger partial charge < -0.3 is 4.57 Å². The molecule has 1 aliphatic carbocycles. The van der Waals surface area contributed by atoms with Crippen molar-refractivity contribution in [3.8, 4) is 11.1 Å². The molecular formula is C19H17ClN2O. The standard InChI is InChI=1S/C19H16N2O.ClH/c1-13-2-4-17-15(8-13)10-16-9-14(3-5-18(16)17)19(22)11-21-7-6-20-12-21;/h2-9,12H,10-11H2,1H3;1H. The molecular weight excluding hydrogens is 308 g/mol. The van der Waals surface area contributed by atoms with Crippen LogP contribution in [-0.2, 0) is 13.0 Å². The number of ketones is 1. The fraction of sp³-hybridized carbons (Fsp3) is 0.158. The maximum atomic E-state index is 12.4. The summed E-state index contributed by atoms with van der Waals surface area (Å²) in [6.07, 6.45) is 6.08. The molecule has 1 heterocycles. The summed E-state index contributed by atoms with van der Waals surface area (Å²) in [5.41, 5.74) is 7.22. The Morgan fingerprint density at radius 1 is 1.13 bits per heavy atom. The van der Waals surface area contributed by atoms with Crippen molar-refractivity contribution in [3.05, 3.63) is 77.4 Å². The number of Topliss-reactive ketones (excluding diaryl/α,β-unsaturated/α-hetero) is 1. The van der Waals surface area contributed by atoms with E-state index >= 15 is 0 Å². The largest absolute Gasteiger partial charge is 0.330 e. The molecule has 4 heteroatoms. The van der Waals surface area contributed by atoms with E-state index in [0.29, 0.717) is 6.54 Å². The third-order valence-corrected chi connectivity index (χ3v) is 4.24. The van der Waals surface area contributed by atoms with Crippen LogP contribution < -0.4 is 0 Å².